The standard InChI is InChI=1S/C15H24N2O3S/c1-16-11-14-7-9-17(12-14)21(18,19)15-5-3-13(4-6-15)8-10-20-2/h3-6,14,16H,7-12H2,1-2H3. The summed E-state index contributed by atoms with van der Waals surface area (Å²) >= 11 is 0. The average Bonchev–Trinajstić information content (AvgIpc) is 2.95. The van der Waals surface area contributed by atoms with Gasteiger partial charge >= 0.3 is 0 Å². The second-order valence-electron chi connectivity index (χ2n) is 5.46. The highest BCUT2D eigenvalue weighted by Crippen LogP contribution is 2.24. The normalized spacial score (nSPS) is 20.0. The number of sulfonamides is 1. The molecule has 0 aromatic heterocycles. The molecular formula is C15H24N2O3S. The molecule has 2 rings (SSSR count). The highest BCUT2D eigenvalue weighted by molar-refractivity contribution is 7.89. The summed E-state index contributed by atoms with van der Waals surface area (Å²) in [5.74, 6) is 0.408. The Labute approximate surface area is 127 Å². The van der Waals surface area contributed by atoms with Gasteiger partial charge in [-0.25, -0.2) is 8.42 Å². The van der Waals surface area contributed by atoms with E-state index < -0.39 is 10.0 Å². The van der Waals surface area contributed by atoms with Crippen LogP contribution in [0.2, 0.25) is 0 Å². The van der Waals surface area contributed by atoms with Gasteiger partial charge in [0.1, 0.15) is 0 Å². The molecule has 21 heavy (non-hydrogen) atoms. The minimum absolute atomic E-state index is 0.383. The fourth-order valence-electron chi connectivity index (χ4n) is 2.67. The Bertz CT molecular complexity index is 543. The van der Waals surface area contributed by atoms with Crippen molar-refractivity contribution in [2.24, 2.45) is 5.92 Å². The SMILES string of the molecule is CNCC1CCN(S(=O)(=O)c2ccc(CCOC)cc2)C1. The maximum atomic E-state index is 12.6. The molecular weight excluding hydrogens is 288 g/mol. The van der Waals surface area contributed by atoms with Gasteiger partial charge in [0.2, 0.25) is 10.0 Å². The zero-order chi connectivity index (χ0) is 15.3. The van der Waals surface area contributed by atoms with Crippen LogP contribution in [-0.4, -0.2) is 53.1 Å². The number of nitrogens with zero attached hydrogens (tertiary/aromatic N) is 1. The molecule has 1 aliphatic rings. The van der Waals surface area contributed by atoms with Crippen molar-refractivity contribution in [2.45, 2.75) is 17.7 Å². The van der Waals surface area contributed by atoms with Crippen LogP contribution in [0.25, 0.3) is 0 Å². The summed E-state index contributed by atoms with van der Waals surface area (Å²) in [6.45, 7) is 2.72. The van der Waals surface area contributed by atoms with Crippen molar-refractivity contribution >= 4 is 10.0 Å². The number of hydrogen-bond acceptors (Lipinski definition) is 4. The molecule has 1 unspecified atom stereocenters. The number of hydrogen-bond donors (Lipinski definition) is 1. The molecule has 0 spiro atoms. The molecule has 1 heterocycles. The van der Waals surface area contributed by atoms with Crippen molar-refractivity contribution in [1.82, 2.24) is 9.62 Å². The lowest BCUT2D eigenvalue weighted by atomic mass is 10.1. The predicted octanol–water partition coefficient (Wildman–Crippen LogP) is 1.11. The third-order valence-corrected chi connectivity index (χ3v) is 5.78. The Morgan fingerprint density at radius 2 is 2.05 bits per heavy atom. The Balaban J connectivity index is 2.06. The fraction of sp³-hybridized carbons (Fsp3) is 0.600. The van der Waals surface area contributed by atoms with Gasteiger partial charge in [0, 0.05) is 20.2 Å². The lowest BCUT2D eigenvalue weighted by Crippen LogP contribution is -2.30. The number of rotatable bonds is 7. The molecule has 1 aromatic carbocycles. The van der Waals surface area contributed by atoms with Crippen molar-refractivity contribution < 1.29 is 13.2 Å². The first kappa shape index (κ1) is 16.4. The van der Waals surface area contributed by atoms with E-state index >= 15 is 0 Å². The van der Waals surface area contributed by atoms with E-state index in [4.69, 9.17) is 4.74 Å². The molecule has 1 fully saturated rings. The summed E-state index contributed by atoms with van der Waals surface area (Å²) in [5, 5.41) is 3.12. The van der Waals surface area contributed by atoms with Crippen molar-refractivity contribution in [3.63, 3.8) is 0 Å². The van der Waals surface area contributed by atoms with Crippen LogP contribution in [0, 0.1) is 5.92 Å². The summed E-state index contributed by atoms with van der Waals surface area (Å²) in [4.78, 5) is 0.383. The number of methoxy groups -OCH3 is 1. The Kier molecular flexibility index (Phi) is 5.75. The van der Waals surface area contributed by atoms with Gasteiger partial charge in [0.05, 0.1) is 11.5 Å². The topological polar surface area (TPSA) is 58.6 Å². The van der Waals surface area contributed by atoms with E-state index in [9.17, 15) is 8.42 Å². The van der Waals surface area contributed by atoms with E-state index in [0.717, 1.165) is 24.9 Å². The largest absolute Gasteiger partial charge is 0.384 e. The van der Waals surface area contributed by atoms with Crippen molar-refractivity contribution in [1.29, 1.82) is 0 Å². The van der Waals surface area contributed by atoms with Crippen LogP contribution in [0.1, 0.15) is 12.0 Å². The quantitative estimate of drug-likeness (QED) is 0.819. The Hall–Kier alpha value is -0.950. The van der Waals surface area contributed by atoms with Gasteiger partial charge in [-0.3, -0.25) is 0 Å². The van der Waals surface area contributed by atoms with E-state index in [-0.39, 0.29) is 0 Å². The van der Waals surface area contributed by atoms with Crippen LogP contribution in [-0.2, 0) is 21.2 Å². The minimum Gasteiger partial charge on any atom is -0.384 e. The van der Waals surface area contributed by atoms with Gasteiger partial charge < -0.3 is 10.1 Å². The predicted molar refractivity (Wildman–Crippen MR) is 82.8 cm³/mol. The third-order valence-electron chi connectivity index (χ3n) is 3.90. The number of ether oxygens (including phenoxy) is 1. The second kappa shape index (κ2) is 7.35. The van der Waals surface area contributed by atoms with Gasteiger partial charge in [-0.1, -0.05) is 12.1 Å². The van der Waals surface area contributed by atoms with E-state index in [1.54, 1.807) is 23.5 Å². The van der Waals surface area contributed by atoms with Crippen molar-refractivity contribution in [2.75, 3.05) is 40.4 Å². The highest BCUT2D eigenvalue weighted by Gasteiger charge is 2.31. The molecule has 118 valence electrons. The van der Waals surface area contributed by atoms with Gasteiger partial charge in [0.25, 0.3) is 0 Å². The molecule has 5 nitrogen and oxygen atoms in total. The molecule has 6 heteroatoms. The zero-order valence-corrected chi connectivity index (χ0v) is 13.5. The molecule has 1 aliphatic heterocycles. The highest BCUT2D eigenvalue weighted by atomic mass is 32.2. The van der Waals surface area contributed by atoms with Crippen molar-refractivity contribution in [3.8, 4) is 0 Å². The molecule has 1 N–H and O–H groups in total. The molecule has 0 aliphatic carbocycles. The van der Waals surface area contributed by atoms with Crippen LogP contribution in [0.4, 0.5) is 0 Å². The van der Waals surface area contributed by atoms with Gasteiger partial charge in [0.15, 0.2) is 0 Å². The third kappa shape index (κ3) is 4.03. The molecule has 0 bridgehead atoms. The molecule has 0 saturated carbocycles. The van der Waals surface area contributed by atoms with E-state index in [0.29, 0.717) is 30.5 Å². The number of nitrogens with one attached hydrogen (secondary N) is 1. The van der Waals surface area contributed by atoms with Gasteiger partial charge in [-0.2, -0.15) is 4.31 Å². The van der Waals surface area contributed by atoms with Gasteiger partial charge in [-0.15, -0.1) is 0 Å². The second-order valence-corrected chi connectivity index (χ2v) is 7.40. The number of benzene rings is 1. The van der Waals surface area contributed by atoms with Crippen LogP contribution >= 0.6 is 0 Å². The first-order valence-electron chi connectivity index (χ1n) is 7.30. The molecule has 1 saturated heterocycles. The average molecular weight is 312 g/mol. The van der Waals surface area contributed by atoms with E-state index in [2.05, 4.69) is 5.32 Å². The van der Waals surface area contributed by atoms with E-state index in [1.807, 2.05) is 19.2 Å². The summed E-state index contributed by atoms with van der Waals surface area (Å²) in [7, 11) is 0.206. The monoisotopic (exact) mass is 312 g/mol. The van der Waals surface area contributed by atoms with Gasteiger partial charge in [-0.05, 0) is 50.0 Å². The minimum atomic E-state index is -3.35. The molecule has 0 amide bonds. The molecule has 1 aromatic rings. The first-order chi connectivity index (χ1) is 10.1. The fourth-order valence-corrected chi connectivity index (χ4v) is 4.20. The molecule has 0 radical (unpaired) electrons. The lowest BCUT2D eigenvalue weighted by molar-refractivity contribution is 0.202. The van der Waals surface area contributed by atoms with E-state index in [1.165, 1.54) is 0 Å². The maximum absolute atomic E-state index is 12.6. The Morgan fingerprint density at radius 1 is 1.33 bits per heavy atom. The summed E-state index contributed by atoms with van der Waals surface area (Å²) in [6, 6.07) is 7.14. The zero-order valence-electron chi connectivity index (χ0n) is 12.7. The molecule has 1 atom stereocenters. The Morgan fingerprint density at radius 3 is 2.67 bits per heavy atom. The first-order valence-corrected chi connectivity index (χ1v) is 8.74. The smallest absolute Gasteiger partial charge is 0.243 e. The summed E-state index contributed by atoms with van der Waals surface area (Å²) in [6.07, 6.45) is 1.72. The van der Waals surface area contributed by atoms with Crippen LogP contribution in [0.15, 0.2) is 29.2 Å². The summed E-state index contributed by atoms with van der Waals surface area (Å²) < 4.78 is 31.8. The van der Waals surface area contributed by atoms with Crippen LogP contribution in [0.3, 0.4) is 0 Å². The summed E-state index contributed by atoms with van der Waals surface area (Å²) in [5.41, 5.74) is 1.09. The maximum Gasteiger partial charge on any atom is 0.243 e. The van der Waals surface area contributed by atoms with Crippen LogP contribution < -0.4 is 5.32 Å². The van der Waals surface area contributed by atoms with Crippen LogP contribution in [0.5, 0.6) is 0 Å². The lowest BCUT2D eigenvalue weighted by Gasteiger charge is -2.17. The van der Waals surface area contributed by atoms with Crippen molar-refractivity contribution in [3.05, 3.63) is 29.8 Å².